The maximum atomic E-state index is 11.9. The molecule has 0 aliphatic rings. The van der Waals surface area contributed by atoms with Gasteiger partial charge in [-0.25, -0.2) is 18.5 Å². The molecule has 0 atom stereocenters. The van der Waals surface area contributed by atoms with Crippen LogP contribution in [0.2, 0.25) is 5.15 Å². The van der Waals surface area contributed by atoms with Crippen LogP contribution in [0.5, 0.6) is 0 Å². The summed E-state index contributed by atoms with van der Waals surface area (Å²) >= 11 is 5.69. The molecule has 0 saturated heterocycles. The van der Waals surface area contributed by atoms with Crippen LogP contribution in [-0.4, -0.2) is 19.3 Å². The van der Waals surface area contributed by atoms with Crippen LogP contribution in [0.3, 0.4) is 0 Å². The molecule has 2 rings (SSSR count). The molecule has 20 heavy (non-hydrogen) atoms. The molecule has 1 heterocycles. The van der Waals surface area contributed by atoms with E-state index in [9.17, 15) is 13.2 Å². The Morgan fingerprint density at radius 1 is 1.20 bits per heavy atom. The third-order valence-electron chi connectivity index (χ3n) is 2.43. The first-order valence-electron chi connectivity index (χ1n) is 5.42. The Balaban J connectivity index is 2.16. The molecule has 0 fully saturated rings. The Morgan fingerprint density at radius 3 is 2.40 bits per heavy atom. The average Bonchev–Trinajstić information content (AvgIpc) is 2.38. The third kappa shape index (κ3) is 3.53. The van der Waals surface area contributed by atoms with Crippen LogP contribution < -0.4 is 10.5 Å². The number of aromatic nitrogens is 1. The number of primary sulfonamides is 1. The highest BCUT2D eigenvalue weighted by Crippen LogP contribution is 2.14. The van der Waals surface area contributed by atoms with Gasteiger partial charge in [-0.05, 0) is 36.4 Å². The van der Waals surface area contributed by atoms with Crippen molar-refractivity contribution in [3.63, 3.8) is 0 Å². The van der Waals surface area contributed by atoms with Gasteiger partial charge >= 0.3 is 0 Å². The Kier molecular flexibility index (Phi) is 4.03. The molecule has 6 nitrogen and oxygen atoms in total. The summed E-state index contributed by atoms with van der Waals surface area (Å²) in [4.78, 5) is 15.7. The molecule has 2 aromatic rings. The summed E-state index contributed by atoms with van der Waals surface area (Å²) in [5.74, 6) is -0.377. The van der Waals surface area contributed by atoms with E-state index < -0.39 is 10.0 Å². The van der Waals surface area contributed by atoms with Crippen LogP contribution in [0.25, 0.3) is 0 Å². The number of carbonyl (C=O) groups excluding carboxylic acids is 1. The average molecular weight is 312 g/mol. The number of carbonyl (C=O) groups is 1. The number of amides is 1. The van der Waals surface area contributed by atoms with Gasteiger partial charge in [-0.15, -0.1) is 0 Å². The number of nitrogens with zero attached hydrogens (tertiary/aromatic N) is 1. The number of nitrogens with one attached hydrogen (secondary N) is 1. The van der Waals surface area contributed by atoms with E-state index in [-0.39, 0.29) is 16.0 Å². The number of nitrogens with two attached hydrogens (primary N) is 1. The molecule has 1 aromatic heterocycles. The summed E-state index contributed by atoms with van der Waals surface area (Å²) in [5, 5.41) is 7.79. The van der Waals surface area contributed by atoms with E-state index in [1.807, 2.05) is 0 Å². The Labute approximate surface area is 120 Å². The zero-order valence-electron chi connectivity index (χ0n) is 10.1. The number of rotatable bonds is 3. The molecule has 1 aromatic carbocycles. The Bertz CT molecular complexity index is 745. The molecule has 8 heteroatoms. The van der Waals surface area contributed by atoms with Gasteiger partial charge in [0.25, 0.3) is 5.91 Å². The molecule has 0 saturated carbocycles. The van der Waals surface area contributed by atoms with E-state index in [1.54, 1.807) is 0 Å². The number of hydrogen-bond acceptors (Lipinski definition) is 4. The lowest BCUT2D eigenvalue weighted by atomic mass is 10.2. The standard InChI is InChI=1S/C12H10ClN3O3S/c13-11-7-8(5-6-15-11)12(17)16-9-1-3-10(4-2-9)20(14,18)19/h1-7H,(H,16,17)(H2,14,18,19). The topological polar surface area (TPSA) is 102 Å². The highest BCUT2D eigenvalue weighted by atomic mass is 35.5. The zero-order chi connectivity index (χ0) is 14.8. The second kappa shape index (κ2) is 5.58. The van der Waals surface area contributed by atoms with Crippen LogP contribution >= 0.6 is 11.6 Å². The highest BCUT2D eigenvalue weighted by Gasteiger charge is 2.09. The van der Waals surface area contributed by atoms with Gasteiger partial charge in [0.2, 0.25) is 10.0 Å². The Morgan fingerprint density at radius 2 is 1.85 bits per heavy atom. The van der Waals surface area contributed by atoms with Crippen molar-refractivity contribution in [2.24, 2.45) is 5.14 Å². The van der Waals surface area contributed by atoms with Crippen molar-refractivity contribution in [3.05, 3.63) is 53.3 Å². The number of hydrogen-bond donors (Lipinski definition) is 2. The molecular formula is C12H10ClN3O3S. The van der Waals surface area contributed by atoms with Crippen molar-refractivity contribution < 1.29 is 13.2 Å². The van der Waals surface area contributed by atoms with Gasteiger partial charge < -0.3 is 5.32 Å². The number of sulfonamides is 1. The molecule has 0 unspecified atom stereocenters. The second-order valence-corrected chi connectivity index (χ2v) is 5.84. The van der Waals surface area contributed by atoms with E-state index in [1.165, 1.54) is 42.6 Å². The summed E-state index contributed by atoms with van der Waals surface area (Å²) < 4.78 is 22.2. The molecule has 3 N–H and O–H groups in total. The molecule has 0 spiro atoms. The summed E-state index contributed by atoms with van der Waals surface area (Å²) in [6, 6.07) is 8.45. The summed E-state index contributed by atoms with van der Waals surface area (Å²) in [6.07, 6.45) is 1.42. The number of pyridine rings is 1. The molecule has 0 radical (unpaired) electrons. The molecule has 104 valence electrons. The molecule has 0 aliphatic heterocycles. The first-order chi connectivity index (χ1) is 9.36. The minimum absolute atomic E-state index is 0.0255. The number of anilines is 1. The summed E-state index contributed by atoms with van der Waals surface area (Å²) in [6.45, 7) is 0. The van der Waals surface area contributed by atoms with Gasteiger partial charge in [-0.2, -0.15) is 0 Å². The van der Waals surface area contributed by atoms with Crippen molar-refractivity contribution >= 4 is 33.2 Å². The predicted molar refractivity (Wildman–Crippen MR) is 75.0 cm³/mol. The van der Waals surface area contributed by atoms with Crippen molar-refractivity contribution in [2.45, 2.75) is 4.90 Å². The Hall–Kier alpha value is -1.96. The van der Waals surface area contributed by atoms with Gasteiger partial charge in [0, 0.05) is 17.4 Å². The van der Waals surface area contributed by atoms with Crippen LogP contribution in [0.4, 0.5) is 5.69 Å². The monoisotopic (exact) mass is 311 g/mol. The summed E-state index contributed by atoms with van der Waals surface area (Å²) in [7, 11) is -3.74. The minimum atomic E-state index is -3.74. The quantitative estimate of drug-likeness (QED) is 0.841. The van der Waals surface area contributed by atoms with Crippen molar-refractivity contribution in [1.82, 2.24) is 4.98 Å². The normalized spacial score (nSPS) is 11.1. The van der Waals surface area contributed by atoms with Gasteiger partial charge in [-0.3, -0.25) is 4.79 Å². The fraction of sp³-hybridized carbons (Fsp3) is 0. The van der Waals surface area contributed by atoms with Crippen LogP contribution in [0.1, 0.15) is 10.4 Å². The molecular weight excluding hydrogens is 302 g/mol. The fourth-order valence-corrected chi connectivity index (χ4v) is 2.16. The first kappa shape index (κ1) is 14.4. The lowest BCUT2D eigenvalue weighted by Crippen LogP contribution is -2.14. The van der Waals surface area contributed by atoms with E-state index in [2.05, 4.69) is 10.3 Å². The maximum Gasteiger partial charge on any atom is 0.255 e. The third-order valence-corrected chi connectivity index (χ3v) is 3.57. The van der Waals surface area contributed by atoms with E-state index in [4.69, 9.17) is 16.7 Å². The van der Waals surface area contributed by atoms with Gasteiger partial charge in [0.15, 0.2) is 0 Å². The fourth-order valence-electron chi connectivity index (χ4n) is 1.47. The first-order valence-corrected chi connectivity index (χ1v) is 7.34. The minimum Gasteiger partial charge on any atom is -0.322 e. The van der Waals surface area contributed by atoms with E-state index >= 15 is 0 Å². The van der Waals surface area contributed by atoms with Crippen LogP contribution in [0.15, 0.2) is 47.5 Å². The van der Waals surface area contributed by atoms with Gasteiger partial charge in [0.05, 0.1) is 4.90 Å². The van der Waals surface area contributed by atoms with Crippen molar-refractivity contribution in [2.75, 3.05) is 5.32 Å². The maximum absolute atomic E-state index is 11.9. The molecule has 1 amide bonds. The van der Waals surface area contributed by atoms with E-state index in [0.717, 1.165) is 0 Å². The summed E-state index contributed by atoms with van der Waals surface area (Å²) in [5.41, 5.74) is 0.788. The number of benzene rings is 1. The van der Waals surface area contributed by atoms with Crippen molar-refractivity contribution in [1.29, 1.82) is 0 Å². The highest BCUT2D eigenvalue weighted by molar-refractivity contribution is 7.89. The number of halogens is 1. The van der Waals surface area contributed by atoms with Gasteiger partial charge in [-0.1, -0.05) is 11.6 Å². The van der Waals surface area contributed by atoms with Crippen LogP contribution in [0, 0.1) is 0 Å². The predicted octanol–water partition coefficient (Wildman–Crippen LogP) is 1.63. The van der Waals surface area contributed by atoms with Crippen molar-refractivity contribution in [3.8, 4) is 0 Å². The molecule has 0 aliphatic carbocycles. The van der Waals surface area contributed by atoms with E-state index in [0.29, 0.717) is 11.3 Å². The van der Waals surface area contributed by atoms with Gasteiger partial charge in [0.1, 0.15) is 5.15 Å². The van der Waals surface area contributed by atoms with Crippen LogP contribution in [-0.2, 0) is 10.0 Å². The lowest BCUT2D eigenvalue weighted by molar-refractivity contribution is 0.102. The molecule has 0 bridgehead atoms. The zero-order valence-corrected chi connectivity index (χ0v) is 11.6. The largest absolute Gasteiger partial charge is 0.322 e. The smallest absolute Gasteiger partial charge is 0.255 e. The second-order valence-electron chi connectivity index (χ2n) is 3.89. The SMILES string of the molecule is NS(=O)(=O)c1ccc(NC(=O)c2ccnc(Cl)c2)cc1. The lowest BCUT2D eigenvalue weighted by Gasteiger charge is -2.06.